The summed E-state index contributed by atoms with van der Waals surface area (Å²) in [6, 6.07) is 6.65. The highest BCUT2D eigenvalue weighted by Crippen LogP contribution is 2.31. The van der Waals surface area contributed by atoms with Crippen LogP contribution in [0.3, 0.4) is 0 Å². The van der Waals surface area contributed by atoms with Gasteiger partial charge >= 0.3 is 6.18 Å². The highest BCUT2D eigenvalue weighted by atomic mass is 19.4. The highest BCUT2D eigenvalue weighted by Gasteiger charge is 2.30. The molecule has 1 aliphatic rings. The molecule has 0 saturated heterocycles. The van der Waals surface area contributed by atoms with Crippen LogP contribution >= 0.6 is 0 Å². The standard InChI is InChI=1S/C18H17F3N4O/c19-18(20,21)13-6-4-11(5-7-13)16-24-15-12(3-1-2-8-22)9-23-10-14(15)17(26)25-16/h4-7,12,23H,1-3,9-10H2,(H,24,25,26). The average molecular weight is 362 g/mol. The van der Waals surface area contributed by atoms with Crippen LogP contribution in [-0.4, -0.2) is 16.5 Å². The van der Waals surface area contributed by atoms with Crippen molar-refractivity contribution in [1.82, 2.24) is 15.3 Å². The number of fused-ring (bicyclic) bond motifs is 1. The molecule has 0 radical (unpaired) electrons. The first-order valence-electron chi connectivity index (χ1n) is 8.28. The molecule has 1 aromatic heterocycles. The molecule has 5 nitrogen and oxygen atoms in total. The Morgan fingerprint density at radius 3 is 2.65 bits per heavy atom. The molecular weight excluding hydrogens is 345 g/mol. The lowest BCUT2D eigenvalue weighted by Gasteiger charge is -2.25. The Bertz CT molecular complexity index is 881. The van der Waals surface area contributed by atoms with Gasteiger partial charge in [-0.15, -0.1) is 0 Å². The predicted molar refractivity (Wildman–Crippen MR) is 89.2 cm³/mol. The molecule has 0 spiro atoms. The Labute approximate surface area is 147 Å². The first-order chi connectivity index (χ1) is 12.4. The Morgan fingerprint density at radius 1 is 1.27 bits per heavy atom. The molecule has 0 amide bonds. The number of hydrogen-bond acceptors (Lipinski definition) is 4. The van der Waals surface area contributed by atoms with E-state index in [-0.39, 0.29) is 17.3 Å². The number of nitrogens with zero attached hydrogens (tertiary/aromatic N) is 2. The maximum atomic E-state index is 12.7. The van der Waals surface area contributed by atoms with Crippen molar-refractivity contribution in [2.75, 3.05) is 6.54 Å². The van der Waals surface area contributed by atoms with Crippen LogP contribution in [0, 0.1) is 11.3 Å². The lowest BCUT2D eigenvalue weighted by atomic mass is 9.92. The second kappa shape index (κ2) is 7.30. The largest absolute Gasteiger partial charge is 0.416 e. The van der Waals surface area contributed by atoms with E-state index < -0.39 is 11.7 Å². The Balaban J connectivity index is 1.95. The number of aromatic amines is 1. The molecule has 2 N–H and O–H groups in total. The van der Waals surface area contributed by atoms with Gasteiger partial charge in [-0.1, -0.05) is 12.1 Å². The average Bonchev–Trinajstić information content (AvgIpc) is 2.62. The van der Waals surface area contributed by atoms with E-state index >= 15 is 0 Å². The summed E-state index contributed by atoms with van der Waals surface area (Å²) >= 11 is 0. The molecule has 1 atom stereocenters. The van der Waals surface area contributed by atoms with Gasteiger partial charge in [-0.3, -0.25) is 4.79 Å². The molecule has 2 heterocycles. The monoisotopic (exact) mass is 362 g/mol. The quantitative estimate of drug-likeness (QED) is 0.818. The summed E-state index contributed by atoms with van der Waals surface area (Å²) in [6.07, 6.45) is -2.56. The number of unbranched alkanes of at least 4 members (excludes halogenated alkanes) is 1. The summed E-state index contributed by atoms with van der Waals surface area (Å²) in [5.74, 6) is 0.261. The minimum atomic E-state index is -4.41. The molecule has 0 bridgehead atoms. The number of aromatic nitrogens is 2. The zero-order valence-electron chi connectivity index (χ0n) is 13.9. The third-order valence-corrected chi connectivity index (χ3v) is 4.45. The Kier molecular flexibility index (Phi) is 5.09. The molecule has 0 fully saturated rings. The normalized spacial score (nSPS) is 16.8. The molecule has 3 rings (SSSR count). The van der Waals surface area contributed by atoms with E-state index in [0.29, 0.717) is 42.8 Å². The summed E-state index contributed by atoms with van der Waals surface area (Å²) in [7, 11) is 0. The zero-order valence-corrected chi connectivity index (χ0v) is 13.9. The predicted octanol–water partition coefficient (Wildman–Crippen LogP) is 3.34. The van der Waals surface area contributed by atoms with E-state index in [1.165, 1.54) is 12.1 Å². The lowest BCUT2D eigenvalue weighted by Crippen LogP contribution is -2.34. The van der Waals surface area contributed by atoms with E-state index in [1.54, 1.807) is 0 Å². The Hall–Kier alpha value is -2.66. The van der Waals surface area contributed by atoms with Crippen molar-refractivity contribution in [3.8, 4) is 17.5 Å². The molecule has 1 unspecified atom stereocenters. The number of nitrogens with one attached hydrogen (secondary N) is 2. The van der Waals surface area contributed by atoms with E-state index in [1.807, 2.05) is 0 Å². The van der Waals surface area contributed by atoms with Gasteiger partial charge in [0.25, 0.3) is 5.56 Å². The number of rotatable bonds is 4. The van der Waals surface area contributed by atoms with Crippen molar-refractivity contribution >= 4 is 0 Å². The maximum Gasteiger partial charge on any atom is 0.416 e. The second-order valence-electron chi connectivity index (χ2n) is 6.23. The molecule has 1 aromatic carbocycles. The van der Waals surface area contributed by atoms with Crippen LogP contribution in [0.1, 0.15) is 42.0 Å². The number of hydrogen-bond donors (Lipinski definition) is 2. The smallest absolute Gasteiger partial charge is 0.312 e. The molecule has 26 heavy (non-hydrogen) atoms. The van der Waals surface area contributed by atoms with E-state index in [2.05, 4.69) is 21.4 Å². The summed E-state index contributed by atoms with van der Waals surface area (Å²) in [6.45, 7) is 1.06. The van der Waals surface area contributed by atoms with Gasteiger partial charge in [-0.2, -0.15) is 18.4 Å². The van der Waals surface area contributed by atoms with Gasteiger partial charge in [-0.05, 0) is 25.0 Å². The molecular formula is C18H17F3N4O. The molecule has 0 saturated carbocycles. The van der Waals surface area contributed by atoms with Crippen LogP contribution in [-0.2, 0) is 12.7 Å². The molecule has 2 aromatic rings. The van der Waals surface area contributed by atoms with E-state index in [0.717, 1.165) is 18.6 Å². The molecule has 136 valence electrons. The summed E-state index contributed by atoms with van der Waals surface area (Å²) in [5.41, 5.74) is 0.601. The van der Waals surface area contributed by atoms with Crippen molar-refractivity contribution in [3.05, 3.63) is 51.4 Å². The van der Waals surface area contributed by atoms with Gasteiger partial charge in [0.15, 0.2) is 0 Å². The van der Waals surface area contributed by atoms with Crippen LogP contribution < -0.4 is 10.9 Å². The van der Waals surface area contributed by atoms with Crippen LogP contribution in [0.4, 0.5) is 13.2 Å². The van der Waals surface area contributed by atoms with Gasteiger partial charge < -0.3 is 10.3 Å². The fourth-order valence-electron chi connectivity index (χ4n) is 3.11. The third kappa shape index (κ3) is 3.78. The lowest BCUT2D eigenvalue weighted by molar-refractivity contribution is -0.137. The van der Waals surface area contributed by atoms with Gasteiger partial charge in [0.05, 0.1) is 22.9 Å². The van der Waals surface area contributed by atoms with Gasteiger partial charge in [0, 0.05) is 31.0 Å². The van der Waals surface area contributed by atoms with Crippen LogP contribution in [0.25, 0.3) is 11.4 Å². The summed E-state index contributed by atoms with van der Waals surface area (Å²) < 4.78 is 38.1. The topological polar surface area (TPSA) is 81.6 Å². The van der Waals surface area contributed by atoms with Crippen molar-refractivity contribution in [2.24, 2.45) is 0 Å². The fourth-order valence-corrected chi connectivity index (χ4v) is 3.11. The number of H-pyrrole nitrogens is 1. The fraction of sp³-hybridized carbons (Fsp3) is 0.389. The van der Waals surface area contributed by atoms with E-state index in [9.17, 15) is 18.0 Å². The second-order valence-corrected chi connectivity index (χ2v) is 6.23. The SMILES string of the molecule is N#CCCCC1CNCc2c1nc(-c1ccc(C(F)(F)F)cc1)[nH]c2=O. The van der Waals surface area contributed by atoms with Crippen LogP contribution in [0.2, 0.25) is 0 Å². The first kappa shape index (κ1) is 18.1. The van der Waals surface area contributed by atoms with Crippen molar-refractivity contribution in [1.29, 1.82) is 5.26 Å². The third-order valence-electron chi connectivity index (χ3n) is 4.45. The number of nitriles is 1. The van der Waals surface area contributed by atoms with Crippen molar-refractivity contribution in [2.45, 2.75) is 37.9 Å². The van der Waals surface area contributed by atoms with Crippen molar-refractivity contribution in [3.63, 3.8) is 0 Å². The number of halogens is 3. The summed E-state index contributed by atoms with van der Waals surface area (Å²) in [4.78, 5) is 19.6. The van der Waals surface area contributed by atoms with Gasteiger partial charge in [-0.25, -0.2) is 4.98 Å². The minimum Gasteiger partial charge on any atom is -0.312 e. The van der Waals surface area contributed by atoms with Crippen molar-refractivity contribution < 1.29 is 13.2 Å². The molecule has 0 aliphatic carbocycles. The van der Waals surface area contributed by atoms with Crippen LogP contribution in [0.5, 0.6) is 0 Å². The first-order valence-corrected chi connectivity index (χ1v) is 8.28. The highest BCUT2D eigenvalue weighted by molar-refractivity contribution is 5.56. The molecule has 8 heteroatoms. The van der Waals surface area contributed by atoms with E-state index in [4.69, 9.17) is 5.26 Å². The number of benzene rings is 1. The maximum absolute atomic E-state index is 12.7. The summed E-state index contributed by atoms with van der Waals surface area (Å²) in [5, 5.41) is 11.9. The Morgan fingerprint density at radius 2 is 2.00 bits per heavy atom. The van der Waals surface area contributed by atoms with Crippen LogP contribution in [0.15, 0.2) is 29.1 Å². The van der Waals surface area contributed by atoms with Gasteiger partial charge in [0.1, 0.15) is 5.82 Å². The zero-order chi connectivity index (χ0) is 18.7. The minimum absolute atomic E-state index is 0.00241. The molecule has 1 aliphatic heterocycles. The van der Waals surface area contributed by atoms with Gasteiger partial charge in [0.2, 0.25) is 0 Å². The number of alkyl halides is 3.